The molecule has 3 heterocycles. The number of ether oxygens (including phenoxy) is 1. The molecule has 1 aliphatic heterocycles. The van der Waals surface area contributed by atoms with Crippen LogP contribution in [-0.2, 0) is 0 Å². The molecule has 5 nitrogen and oxygen atoms in total. The molecule has 1 fully saturated rings. The molecule has 0 radical (unpaired) electrons. The predicted octanol–water partition coefficient (Wildman–Crippen LogP) is 4.59. The molecule has 3 aromatic rings. The fourth-order valence-electron chi connectivity index (χ4n) is 3.28. The fraction of sp³-hybridized carbons (Fsp3) is 0.350. The second kappa shape index (κ2) is 7.92. The van der Waals surface area contributed by atoms with E-state index in [4.69, 9.17) is 16.3 Å². The molecular formula is C20H20ClN3O2S. The average Bonchev–Trinajstić information content (AvgIpc) is 3.12. The van der Waals surface area contributed by atoms with Crippen LogP contribution in [0.15, 0.2) is 30.3 Å². The zero-order chi connectivity index (χ0) is 18.8. The van der Waals surface area contributed by atoms with Crippen LogP contribution < -0.4 is 10.1 Å². The Morgan fingerprint density at radius 1 is 1.33 bits per heavy atom. The van der Waals surface area contributed by atoms with Gasteiger partial charge < -0.3 is 10.1 Å². The number of fused-ring (bicyclic) bond motifs is 1. The van der Waals surface area contributed by atoms with Gasteiger partial charge in [-0.25, -0.2) is 0 Å². The Balaban J connectivity index is 1.70. The summed E-state index contributed by atoms with van der Waals surface area (Å²) in [4.78, 5) is 13.0. The maximum Gasteiger partial charge on any atom is 0.242 e. The van der Waals surface area contributed by atoms with E-state index in [-0.39, 0.29) is 5.78 Å². The van der Waals surface area contributed by atoms with Crippen LogP contribution in [0, 0.1) is 5.92 Å². The highest BCUT2D eigenvalue weighted by molar-refractivity contribution is 7.22. The smallest absolute Gasteiger partial charge is 0.242 e. The number of aromatic nitrogens is 2. The summed E-state index contributed by atoms with van der Waals surface area (Å²) in [5.74, 6) is 0.870. The van der Waals surface area contributed by atoms with Gasteiger partial charge in [0.15, 0.2) is 5.78 Å². The number of Topliss-reactive ketones (excluding diaryl/α,β-unsaturated/α-hetero) is 1. The number of carbonyl (C=O) groups is 1. The normalized spacial score (nSPS) is 17.2. The zero-order valence-electron chi connectivity index (χ0n) is 15.0. The molecule has 27 heavy (non-hydrogen) atoms. The van der Waals surface area contributed by atoms with Crippen molar-refractivity contribution in [2.75, 3.05) is 19.7 Å². The molecule has 0 spiro atoms. The van der Waals surface area contributed by atoms with Crippen molar-refractivity contribution in [1.29, 1.82) is 0 Å². The highest BCUT2D eigenvalue weighted by Crippen LogP contribution is 2.38. The van der Waals surface area contributed by atoms with E-state index in [9.17, 15) is 4.79 Å². The van der Waals surface area contributed by atoms with Crippen LogP contribution in [0.5, 0.6) is 5.88 Å². The number of thiophene rings is 1. The molecule has 1 unspecified atom stereocenters. The van der Waals surface area contributed by atoms with Crippen LogP contribution in [-0.4, -0.2) is 35.7 Å². The highest BCUT2D eigenvalue weighted by atomic mass is 35.5. The first kappa shape index (κ1) is 18.3. The van der Waals surface area contributed by atoms with Crippen molar-refractivity contribution in [2.24, 2.45) is 5.92 Å². The Kier molecular flexibility index (Phi) is 5.38. The monoisotopic (exact) mass is 401 g/mol. The topological polar surface area (TPSA) is 64.1 Å². The van der Waals surface area contributed by atoms with Crippen molar-refractivity contribution in [3.8, 4) is 16.3 Å². The molecule has 1 aliphatic rings. The molecule has 0 aliphatic carbocycles. The van der Waals surface area contributed by atoms with Crippen LogP contribution in [0.25, 0.3) is 20.5 Å². The lowest BCUT2D eigenvalue weighted by atomic mass is 10.0. The number of piperidine rings is 1. The lowest BCUT2D eigenvalue weighted by molar-refractivity contribution is 0.101. The second-order valence-corrected chi connectivity index (χ2v) is 8.28. The molecule has 1 saturated heterocycles. The lowest BCUT2D eigenvalue weighted by Crippen LogP contribution is -2.33. The number of halogens is 1. The number of carbonyl (C=O) groups excluding carboxylic acids is 1. The van der Waals surface area contributed by atoms with Crippen molar-refractivity contribution in [1.82, 2.24) is 15.5 Å². The van der Waals surface area contributed by atoms with Crippen LogP contribution >= 0.6 is 22.9 Å². The molecule has 140 valence electrons. The molecule has 0 saturated carbocycles. The molecule has 1 aromatic carbocycles. The summed E-state index contributed by atoms with van der Waals surface area (Å²) in [7, 11) is 0. The van der Waals surface area contributed by atoms with E-state index >= 15 is 0 Å². The first-order chi connectivity index (χ1) is 13.1. The van der Waals surface area contributed by atoms with Crippen LogP contribution in [0.1, 0.15) is 30.3 Å². The van der Waals surface area contributed by atoms with Gasteiger partial charge in [0.1, 0.15) is 5.69 Å². The van der Waals surface area contributed by atoms with E-state index in [0.717, 1.165) is 46.5 Å². The van der Waals surface area contributed by atoms with Gasteiger partial charge in [0.25, 0.3) is 0 Å². The zero-order valence-corrected chi connectivity index (χ0v) is 16.6. The molecule has 4 rings (SSSR count). The second-order valence-electron chi connectivity index (χ2n) is 6.79. The molecule has 0 amide bonds. The van der Waals surface area contributed by atoms with E-state index in [1.54, 1.807) is 0 Å². The summed E-state index contributed by atoms with van der Waals surface area (Å²) in [6, 6.07) is 9.68. The highest BCUT2D eigenvalue weighted by Gasteiger charge is 2.20. The Morgan fingerprint density at radius 2 is 2.15 bits per heavy atom. The summed E-state index contributed by atoms with van der Waals surface area (Å²) in [5.41, 5.74) is 1.43. The first-order valence-corrected chi connectivity index (χ1v) is 10.2. The van der Waals surface area contributed by atoms with Gasteiger partial charge in [0.05, 0.1) is 16.7 Å². The predicted molar refractivity (Wildman–Crippen MR) is 109 cm³/mol. The number of benzene rings is 1. The van der Waals surface area contributed by atoms with E-state index < -0.39 is 0 Å². The lowest BCUT2D eigenvalue weighted by Gasteiger charge is -2.22. The van der Waals surface area contributed by atoms with Crippen LogP contribution in [0.4, 0.5) is 0 Å². The molecular weight excluding hydrogens is 382 g/mol. The largest absolute Gasteiger partial charge is 0.476 e. The van der Waals surface area contributed by atoms with Gasteiger partial charge in [-0.3, -0.25) is 4.79 Å². The minimum atomic E-state index is -0.0972. The molecule has 7 heteroatoms. The Labute approximate surface area is 166 Å². The average molecular weight is 402 g/mol. The van der Waals surface area contributed by atoms with E-state index in [0.29, 0.717) is 29.1 Å². The summed E-state index contributed by atoms with van der Waals surface area (Å²) in [6.45, 7) is 4.15. The molecule has 1 N–H and O–H groups in total. The maximum atomic E-state index is 12.0. The van der Waals surface area contributed by atoms with Crippen molar-refractivity contribution < 1.29 is 9.53 Å². The Morgan fingerprint density at radius 3 is 2.85 bits per heavy atom. The van der Waals surface area contributed by atoms with Gasteiger partial charge in [-0.05, 0) is 43.1 Å². The molecule has 2 aromatic heterocycles. The van der Waals surface area contributed by atoms with Crippen LogP contribution in [0.3, 0.4) is 0 Å². The van der Waals surface area contributed by atoms with Crippen molar-refractivity contribution in [2.45, 2.75) is 19.8 Å². The number of nitrogens with zero attached hydrogens (tertiary/aromatic N) is 2. The van der Waals surface area contributed by atoms with Crippen molar-refractivity contribution in [3.05, 3.63) is 41.0 Å². The number of hydrogen-bond acceptors (Lipinski definition) is 6. The van der Waals surface area contributed by atoms with E-state index in [1.807, 2.05) is 30.3 Å². The quantitative estimate of drug-likeness (QED) is 0.633. The van der Waals surface area contributed by atoms with Crippen molar-refractivity contribution in [3.63, 3.8) is 0 Å². The molecule has 0 bridgehead atoms. The fourth-order valence-corrected chi connectivity index (χ4v) is 4.59. The number of ketones is 1. The third-order valence-corrected chi connectivity index (χ3v) is 6.18. The van der Waals surface area contributed by atoms with Crippen LogP contribution in [0.2, 0.25) is 5.02 Å². The summed E-state index contributed by atoms with van der Waals surface area (Å²) in [6.07, 6.45) is 2.31. The Hall–Kier alpha value is -2.02. The van der Waals surface area contributed by atoms with Gasteiger partial charge in [0.2, 0.25) is 5.88 Å². The Bertz CT molecular complexity index is 965. The first-order valence-electron chi connectivity index (χ1n) is 9.02. The maximum absolute atomic E-state index is 12.0. The number of nitrogens with one attached hydrogen (secondary N) is 1. The van der Waals surface area contributed by atoms with Gasteiger partial charge in [-0.15, -0.1) is 21.5 Å². The van der Waals surface area contributed by atoms with E-state index in [2.05, 4.69) is 15.5 Å². The number of hydrogen-bond donors (Lipinski definition) is 1. The summed E-state index contributed by atoms with van der Waals surface area (Å²) >= 11 is 7.53. The number of rotatable bonds is 5. The third kappa shape index (κ3) is 3.98. The van der Waals surface area contributed by atoms with Gasteiger partial charge in [-0.2, -0.15) is 0 Å². The summed E-state index contributed by atoms with van der Waals surface area (Å²) in [5, 5.41) is 13.3. The minimum Gasteiger partial charge on any atom is -0.476 e. The standard InChI is InChI=1S/C20H20ClN3O2S/c1-12(25)18-19-16(9-17(27-19)14-4-6-15(21)7-5-14)20(24-23-18)26-11-13-3-2-8-22-10-13/h4-7,9,13,22H,2-3,8,10-11H2,1H3. The molecule has 1 atom stereocenters. The van der Waals surface area contributed by atoms with E-state index in [1.165, 1.54) is 18.3 Å². The van der Waals surface area contributed by atoms with Gasteiger partial charge in [-0.1, -0.05) is 23.7 Å². The third-order valence-electron chi connectivity index (χ3n) is 4.74. The van der Waals surface area contributed by atoms with Crippen molar-refractivity contribution >= 4 is 38.8 Å². The van der Waals surface area contributed by atoms with Gasteiger partial charge >= 0.3 is 0 Å². The summed E-state index contributed by atoms with van der Waals surface area (Å²) < 4.78 is 6.84. The van der Waals surface area contributed by atoms with Gasteiger partial charge in [0, 0.05) is 29.3 Å². The SMILES string of the molecule is CC(=O)c1nnc(OCC2CCCNC2)c2cc(-c3ccc(Cl)cc3)sc12. The minimum absolute atomic E-state index is 0.0972.